The van der Waals surface area contributed by atoms with Crippen molar-refractivity contribution in [3.05, 3.63) is 75.7 Å². The maximum Gasteiger partial charge on any atom is 0.269 e. The molecule has 1 amide bonds. The molecule has 3 heterocycles. The summed E-state index contributed by atoms with van der Waals surface area (Å²) in [4.78, 5) is 34.1. The molecule has 9 heteroatoms. The molecule has 0 saturated carbocycles. The van der Waals surface area contributed by atoms with E-state index in [-0.39, 0.29) is 11.1 Å². The Morgan fingerprint density at radius 3 is 2.43 bits per heavy atom. The van der Waals surface area contributed by atoms with Gasteiger partial charge in [-0.2, -0.15) is 0 Å². The van der Waals surface area contributed by atoms with Crippen molar-refractivity contribution in [2.24, 2.45) is 5.92 Å². The van der Waals surface area contributed by atoms with Gasteiger partial charge in [0, 0.05) is 23.8 Å². The van der Waals surface area contributed by atoms with Crippen LogP contribution in [0.2, 0.25) is 0 Å². The molecular formula is C26H30N4O4S. The molecule has 4 rings (SSSR count). The van der Waals surface area contributed by atoms with Crippen molar-refractivity contribution in [2.75, 3.05) is 11.4 Å². The molecule has 2 N–H and O–H groups in total. The van der Waals surface area contributed by atoms with Gasteiger partial charge in [-0.15, -0.1) is 0 Å². The molecule has 1 saturated heterocycles. The predicted molar refractivity (Wildman–Crippen MR) is 136 cm³/mol. The molecule has 1 fully saturated rings. The highest BCUT2D eigenvalue weighted by molar-refractivity contribution is 7.90. The van der Waals surface area contributed by atoms with Crippen LogP contribution in [-0.2, 0) is 10.0 Å². The Morgan fingerprint density at radius 2 is 1.83 bits per heavy atom. The van der Waals surface area contributed by atoms with Crippen LogP contribution in [0.25, 0.3) is 11.3 Å². The zero-order valence-corrected chi connectivity index (χ0v) is 21.4. The summed E-state index contributed by atoms with van der Waals surface area (Å²) in [6.45, 7) is 11.1. The first-order valence-corrected chi connectivity index (χ1v) is 13.0. The molecule has 8 nitrogen and oxygen atoms in total. The number of H-pyrrole nitrogens is 1. The van der Waals surface area contributed by atoms with Gasteiger partial charge in [-0.3, -0.25) is 9.59 Å². The Kier molecular flexibility index (Phi) is 6.31. The van der Waals surface area contributed by atoms with Crippen molar-refractivity contribution in [1.82, 2.24) is 14.7 Å². The maximum atomic E-state index is 13.3. The summed E-state index contributed by atoms with van der Waals surface area (Å²) in [5, 5.41) is 0. The summed E-state index contributed by atoms with van der Waals surface area (Å²) in [5.74, 6) is -0.0690. The second kappa shape index (κ2) is 8.96. The summed E-state index contributed by atoms with van der Waals surface area (Å²) in [6.07, 6.45) is 2.24. The molecule has 35 heavy (non-hydrogen) atoms. The number of carbonyl (C=O) groups excluding carboxylic acids is 1. The first-order valence-electron chi connectivity index (χ1n) is 11.5. The maximum absolute atomic E-state index is 13.3. The number of amides is 1. The van der Waals surface area contributed by atoms with Crippen LogP contribution >= 0.6 is 0 Å². The van der Waals surface area contributed by atoms with E-state index in [1.165, 1.54) is 12.3 Å². The van der Waals surface area contributed by atoms with E-state index in [0.29, 0.717) is 24.0 Å². The van der Waals surface area contributed by atoms with E-state index in [1.54, 1.807) is 12.1 Å². The number of hydrogen-bond acceptors (Lipinski definition) is 6. The Hall–Kier alpha value is -3.46. The fourth-order valence-corrected chi connectivity index (χ4v) is 5.60. The number of nitrogens with one attached hydrogen (secondary N) is 2. The van der Waals surface area contributed by atoms with Crippen molar-refractivity contribution in [3.63, 3.8) is 0 Å². The molecule has 0 radical (unpaired) electrons. The predicted octanol–water partition coefficient (Wildman–Crippen LogP) is 3.80. The molecular weight excluding hydrogens is 464 g/mol. The van der Waals surface area contributed by atoms with E-state index >= 15 is 0 Å². The molecule has 1 aliphatic heterocycles. The smallest absolute Gasteiger partial charge is 0.269 e. The Morgan fingerprint density at radius 1 is 1.14 bits per heavy atom. The number of nitrogens with zero attached hydrogens (tertiary/aromatic N) is 2. The third-order valence-corrected chi connectivity index (χ3v) is 8.23. The van der Waals surface area contributed by atoms with Gasteiger partial charge in [0.1, 0.15) is 5.82 Å². The third-order valence-electron chi connectivity index (χ3n) is 6.88. The summed E-state index contributed by atoms with van der Waals surface area (Å²) >= 11 is 0. The van der Waals surface area contributed by atoms with Crippen molar-refractivity contribution in [2.45, 2.75) is 51.5 Å². The van der Waals surface area contributed by atoms with E-state index in [4.69, 9.17) is 4.98 Å². The van der Waals surface area contributed by atoms with Gasteiger partial charge in [-0.25, -0.2) is 18.1 Å². The monoisotopic (exact) mass is 494 g/mol. The fraction of sp³-hybridized carbons (Fsp3) is 0.346. The molecule has 184 valence electrons. The average Bonchev–Trinajstić information content (AvgIpc) is 3.04. The van der Waals surface area contributed by atoms with E-state index in [9.17, 15) is 18.0 Å². The second-order valence-corrected chi connectivity index (χ2v) is 11.4. The van der Waals surface area contributed by atoms with Crippen LogP contribution in [0.4, 0.5) is 5.82 Å². The molecule has 1 unspecified atom stereocenters. The number of aromatic amines is 1. The van der Waals surface area contributed by atoms with Gasteiger partial charge >= 0.3 is 0 Å². The fourth-order valence-electron chi connectivity index (χ4n) is 4.57. The van der Waals surface area contributed by atoms with Crippen LogP contribution in [0, 0.1) is 19.8 Å². The van der Waals surface area contributed by atoms with E-state index in [2.05, 4.69) is 41.4 Å². The molecule has 0 bridgehead atoms. The summed E-state index contributed by atoms with van der Waals surface area (Å²) in [6, 6.07) is 12.0. The molecule has 1 atom stereocenters. The van der Waals surface area contributed by atoms with Crippen molar-refractivity contribution in [3.8, 4) is 11.3 Å². The van der Waals surface area contributed by atoms with Gasteiger partial charge in [-0.05, 0) is 76.4 Å². The van der Waals surface area contributed by atoms with Crippen molar-refractivity contribution >= 4 is 21.7 Å². The Labute approximate surface area is 205 Å². The number of hydrogen-bond donors (Lipinski definition) is 2. The van der Waals surface area contributed by atoms with Gasteiger partial charge in [-0.1, -0.05) is 24.1 Å². The molecule has 0 spiro atoms. The zero-order valence-electron chi connectivity index (χ0n) is 20.5. The summed E-state index contributed by atoms with van der Waals surface area (Å²) < 4.78 is 27.7. The van der Waals surface area contributed by atoms with Gasteiger partial charge < -0.3 is 9.88 Å². The molecule has 1 aromatic carbocycles. The first kappa shape index (κ1) is 24.7. The summed E-state index contributed by atoms with van der Waals surface area (Å²) in [7, 11) is -4.38. The van der Waals surface area contributed by atoms with Crippen molar-refractivity contribution in [1.29, 1.82) is 0 Å². The SMILES string of the molecule is Cc1cc(C)cc(-c2ccc(C(=O)NS(=O)(=O)c3ccc[nH]c3=O)c(N3CCC(C)C3(C)C)n2)c1. The van der Waals surface area contributed by atoms with Crippen LogP contribution in [0.1, 0.15) is 48.7 Å². The van der Waals surface area contributed by atoms with E-state index in [1.807, 2.05) is 26.0 Å². The molecule has 0 aliphatic carbocycles. The van der Waals surface area contributed by atoms with Crippen LogP contribution in [0.5, 0.6) is 0 Å². The highest BCUT2D eigenvalue weighted by Crippen LogP contribution is 2.39. The quantitative estimate of drug-likeness (QED) is 0.558. The van der Waals surface area contributed by atoms with E-state index < -0.39 is 26.4 Å². The second-order valence-electron chi connectivity index (χ2n) is 9.74. The number of rotatable bonds is 5. The van der Waals surface area contributed by atoms with Gasteiger partial charge in [0.25, 0.3) is 21.5 Å². The molecule has 1 aliphatic rings. The standard InChI is InChI=1S/C26H30N4O4S/c1-16-13-17(2)15-19(14-16)21-9-8-20(23(28-21)30-12-10-18(3)26(30,4)5)24(31)29-35(33,34)22-7-6-11-27-25(22)32/h6-9,11,13-15,18H,10,12H2,1-5H3,(H,27,32)(H,29,31). The number of aromatic nitrogens is 2. The van der Waals surface area contributed by atoms with Crippen LogP contribution in [0.3, 0.4) is 0 Å². The molecule has 3 aromatic rings. The average molecular weight is 495 g/mol. The van der Waals surface area contributed by atoms with Crippen LogP contribution in [-0.4, -0.2) is 36.4 Å². The normalized spacial score (nSPS) is 17.4. The highest BCUT2D eigenvalue weighted by atomic mass is 32.2. The topological polar surface area (TPSA) is 112 Å². The lowest BCUT2D eigenvalue weighted by Crippen LogP contribution is -2.44. The number of carbonyl (C=O) groups is 1. The van der Waals surface area contributed by atoms with Gasteiger partial charge in [0.2, 0.25) is 0 Å². The highest BCUT2D eigenvalue weighted by Gasteiger charge is 2.41. The Balaban J connectivity index is 1.81. The van der Waals surface area contributed by atoms with Crippen LogP contribution < -0.4 is 15.2 Å². The number of aryl methyl sites for hydroxylation is 2. The number of sulfonamides is 1. The lowest BCUT2D eigenvalue weighted by Gasteiger charge is -2.36. The van der Waals surface area contributed by atoms with Crippen LogP contribution in [0.15, 0.2) is 58.4 Å². The molecule has 2 aromatic heterocycles. The summed E-state index contributed by atoms with van der Waals surface area (Å²) in [5.41, 5.74) is 2.85. The lowest BCUT2D eigenvalue weighted by atomic mass is 9.90. The van der Waals surface area contributed by atoms with Gasteiger partial charge in [0.15, 0.2) is 4.90 Å². The zero-order chi connectivity index (χ0) is 25.5. The minimum Gasteiger partial charge on any atom is -0.351 e. The third kappa shape index (κ3) is 4.73. The minimum atomic E-state index is -4.38. The minimum absolute atomic E-state index is 0.135. The number of pyridine rings is 2. The lowest BCUT2D eigenvalue weighted by molar-refractivity contribution is 0.0981. The van der Waals surface area contributed by atoms with E-state index in [0.717, 1.165) is 29.2 Å². The number of benzene rings is 1. The largest absolute Gasteiger partial charge is 0.351 e. The Bertz CT molecular complexity index is 1440. The van der Waals surface area contributed by atoms with Gasteiger partial charge in [0.05, 0.1) is 11.3 Å². The first-order chi connectivity index (χ1) is 16.4. The number of anilines is 1. The van der Waals surface area contributed by atoms with Crippen molar-refractivity contribution < 1.29 is 13.2 Å².